The SMILES string of the molecule is CCC(C)NC(=O)C(C)N(Cc1ccccc1Cl)C(=O)CN(c1cc(C)cc(C)c1)S(=O)(=O)c1ccccc1. The second kappa shape index (κ2) is 13.1. The molecule has 2 unspecified atom stereocenters. The fourth-order valence-corrected chi connectivity index (χ4v) is 5.82. The second-order valence-electron chi connectivity index (χ2n) is 9.78. The van der Waals surface area contributed by atoms with Gasteiger partial charge in [0.15, 0.2) is 0 Å². The van der Waals surface area contributed by atoms with E-state index in [0.29, 0.717) is 16.3 Å². The number of sulfonamides is 1. The zero-order valence-corrected chi connectivity index (χ0v) is 24.6. The van der Waals surface area contributed by atoms with Crippen LogP contribution in [0, 0.1) is 13.8 Å². The highest BCUT2D eigenvalue weighted by Crippen LogP contribution is 2.27. The minimum Gasteiger partial charge on any atom is -0.352 e. The number of hydrogen-bond donors (Lipinski definition) is 1. The van der Waals surface area contributed by atoms with Crippen molar-refractivity contribution in [1.29, 1.82) is 0 Å². The molecule has 0 aromatic heterocycles. The van der Waals surface area contributed by atoms with Gasteiger partial charge in [0.05, 0.1) is 10.6 Å². The molecule has 39 heavy (non-hydrogen) atoms. The summed E-state index contributed by atoms with van der Waals surface area (Å²) in [5.41, 5.74) is 2.75. The lowest BCUT2D eigenvalue weighted by atomic mass is 10.1. The van der Waals surface area contributed by atoms with Gasteiger partial charge in [-0.25, -0.2) is 8.42 Å². The third-order valence-electron chi connectivity index (χ3n) is 6.57. The number of anilines is 1. The van der Waals surface area contributed by atoms with Crippen LogP contribution in [0.2, 0.25) is 5.02 Å². The molecule has 1 N–H and O–H groups in total. The van der Waals surface area contributed by atoms with Gasteiger partial charge in [0.25, 0.3) is 10.0 Å². The average Bonchev–Trinajstić information content (AvgIpc) is 2.90. The van der Waals surface area contributed by atoms with Crippen LogP contribution in [0.1, 0.15) is 43.9 Å². The van der Waals surface area contributed by atoms with Crippen LogP contribution in [0.4, 0.5) is 5.69 Å². The number of hydrogen-bond acceptors (Lipinski definition) is 4. The maximum absolute atomic E-state index is 14.0. The molecule has 0 aliphatic heterocycles. The molecule has 2 amide bonds. The Labute approximate surface area is 236 Å². The van der Waals surface area contributed by atoms with Gasteiger partial charge < -0.3 is 10.2 Å². The normalized spacial score (nSPS) is 12.9. The number of amides is 2. The summed E-state index contributed by atoms with van der Waals surface area (Å²) in [6.45, 7) is 8.77. The van der Waals surface area contributed by atoms with Gasteiger partial charge in [-0.1, -0.05) is 61.0 Å². The number of carbonyl (C=O) groups excluding carboxylic acids is 2. The molecule has 2 atom stereocenters. The Bertz CT molecular complexity index is 1390. The topological polar surface area (TPSA) is 86.8 Å². The van der Waals surface area contributed by atoms with E-state index in [2.05, 4.69) is 5.32 Å². The van der Waals surface area contributed by atoms with Crippen molar-refractivity contribution in [3.8, 4) is 0 Å². The highest BCUT2D eigenvalue weighted by atomic mass is 35.5. The van der Waals surface area contributed by atoms with Crippen molar-refractivity contribution < 1.29 is 18.0 Å². The van der Waals surface area contributed by atoms with Crippen molar-refractivity contribution in [2.45, 2.75) is 64.6 Å². The van der Waals surface area contributed by atoms with E-state index in [4.69, 9.17) is 11.6 Å². The van der Waals surface area contributed by atoms with E-state index >= 15 is 0 Å². The van der Waals surface area contributed by atoms with E-state index in [1.165, 1.54) is 17.0 Å². The van der Waals surface area contributed by atoms with Crippen molar-refractivity contribution in [2.24, 2.45) is 0 Å². The van der Waals surface area contributed by atoms with Crippen LogP contribution in [-0.2, 0) is 26.2 Å². The van der Waals surface area contributed by atoms with E-state index in [1.54, 1.807) is 61.5 Å². The Morgan fingerprint density at radius 1 is 0.923 bits per heavy atom. The van der Waals surface area contributed by atoms with Gasteiger partial charge in [-0.15, -0.1) is 0 Å². The Morgan fingerprint density at radius 2 is 1.51 bits per heavy atom. The number of carbonyl (C=O) groups is 2. The minimum absolute atomic E-state index is 0.0413. The van der Waals surface area contributed by atoms with E-state index in [1.807, 2.05) is 33.8 Å². The lowest BCUT2D eigenvalue weighted by molar-refractivity contribution is -0.139. The first-order valence-electron chi connectivity index (χ1n) is 12.9. The summed E-state index contributed by atoms with van der Waals surface area (Å²) in [5.74, 6) is -0.853. The highest BCUT2D eigenvalue weighted by molar-refractivity contribution is 7.92. The molecule has 3 aromatic carbocycles. The monoisotopic (exact) mass is 569 g/mol. The number of benzene rings is 3. The van der Waals surface area contributed by atoms with Gasteiger partial charge in [-0.3, -0.25) is 13.9 Å². The number of aryl methyl sites for hydroxylation is 2. The molecule has 7 nitrogen and oxygen atoms in total. The van der Waals surface area contributed by atoms with Crippen LogP contribution in [0.5, 0.6) is 0 Å². The smallest absolute Gasteiger partial charge is 0.264 e. The summed E-state index contributed by atoms with van der Waals surface area (Å²) in [5, 5.41) is 3.38. The average molecular weight is 570 g/mol. The maximum Gasteiger partial charge on any atom is 0.264 e. The first-order valence-corrected chi connectivity index (χ1v) is 14.7. The lowest BCUT2D eigenvalue weighted by Gasteiger charge is -2.32. The quantitative estimate of drug-likeness (QED) is 0.331. The molecule has 0 saturated carbocycles. The molecule has 208 valence electrons. The zero-order chi connectivity index (χ0) is 28.7. The summed E-state index contributed by atoms with van der Waals surface area (Å²) < 4.78 is 28.9. The van der Waals surface area contributed by atoms with Crippen LogP contribution in [0.15, 0.2) is 77.7 Å². The van der Waals surface area contributed by atoms with Gasteiger partial charge in [0.1, 0.15) is 12.6 Å². The molecular weight excluding hydrogens is 534 g/mol. The molecule has 0 heterocycles. The summed E-state index contributed by atoms with van der Waals surface area (Å²) in [6.07, 6.45) is 0.729. The van der Waals surface area contributed by atoms with Crippen LogP contribution >= 0.6 is 11.6 Å². The standard InChI is InChI=1S/C30H36ClN3O4S/c1-6-23(4)32-30(36)24(5)33(19-25-12-10-11-15-28(25)31)29(35)20-34(26-17-21(2)16-22(3)18-26)39(37,38)27-13-8-7-9-14-27/h7-18,23-24H,6,19-20H2,1-5H3,(H,32,36). The molecule has 0 radical (unpaired) electrons. The number of halogens is 1. The van der Waals surface area contributed by atoms with Crippen molar-refractivity contribution in [3.63, 3.8) is 0 Å². The van der Waals surface area contributed by atoms with E-state index in [-0.39, 0.29) is 23.4 Å². The molecule has 3 aromatic rings. The number of rotatable bonds is 11. The first kappa shape index (κ1) is 30.2. The predicted octanol–water partition coefficient (Wildman–Crippen LogP) is 5.48. The van der Waals surface area contributed by atoms with Crippen molar-refractivity contribution in [1.82, 2.24) is 10.2 Å². The Hall–Kier alpha value is -3.36. The molecule has 0 aliphatic carbocycles. The molecule has 0 aliphatic rings. The minimum atomic E-state index is -4.11. The number of nitrogens with zero attached hydrogens (tertiary/aromatic N) is 2. The van der Waals surface area contributed by atoms with Crippen molar-refractivity contribution in [3.05, 3.63) is 94.5 Å². The Balaban J connectivity index is 2.06. The molecule has 0 saturated heterocycles. The highest BCUT2D eigenvalue weighted by Gasteiger charge is 2.33. The van der Waals surface area contributed by atoms with Gasteiger partial charge >= 0.3 is 0 Å². The third kappa shape index (κ3) is 7.61. The fraction of sp³-hybridized carbons (Fsp3) is 0.333. The molecule has 0 bridgehead atoms. The largest absolute Gasteiger partial charge is 0.352 e. The Kier molecular flexibility index (Phi) is 10.2. The van der Waals surface area contributed by atoms with Gasteiger partial charge in [0, 0.05) is 17.6 Å². The lowest BCUT2D eigenvalue weighted by Crippen LogP contribution is -2.52. The van der Waals surface area contributed by atoms with Gasteiger partial charge in [0.2, 0.25) is 11.8 Å². The third-order valence-corrected chi connectivity index (χ3v) is 8.73. The van der Waals surface area contributed by atoms with E-state index in [9.17, 15) is 18.0 Å². The van der Waals surface area contributed by atoms with Gasteiger partial charge in [-0.05, 0) is 81.1 Å². The van der Waals surface area contributed by atoms with E-state index < -0.39 is 28.5 Å². The summed E-state index contributed by atoms with van der Waals surface area (Å²) >= 11 is 6.41. The fourth-order valence-electron chi connectivity index (χ4n) is 4.20. The maximum atomic E-state index is 14.0. The zero-order valence-electron chi connectivity index (χ0n) is 23.0. The molecule has 0 spiro atoms. The summed E-state index contributed by atoms with van der Waals surface area (Å²) in [7, 11) is -4.11. The predicted molar refractivity (Wildman–Crippen MR) is 156 cm³/mol. The molecular formula is C30H36ClN3O4S. The van der Waals surface area contributed by atoms with Crippen molar-refractivity contribution in [2.75, 3.05) is 10.8 Å². The number of nitrogens with one attached hydrogen (secondary N) is 1. The van der Waals surface area contributed by atoms with E-state index in [0.717, 1.165) is 21.9 Å². The van der Waals surface area contributed by atoms with Crippen LogP contribution in [-0.4, -0.2) is 43.8 Å². The van der Waals surface area contributed by atoms with Crippen molar-refractivity contribution >= 4 is 39.1 Å². The van der Waals surface area contributed by atoms with Crippen LogP contribution < -0.4 is 9.62 Å². The molecule has 0 fully saturated rings. The molecule has 3 rings (SSSR count). The van der Waals surface area contributed by atoms with Gasteiger partial charge in [-0.2, -0.15) is 0 Å². The second-order valence-corrected chi connectivity index (χ2v) is 12.0. The first-order chi connectivity index (χ1) is 18.4. The molecule has 9 heteroatoms. The summed E-state index contributed by atoms with van der Waals surface area (Å²) in [6, 6.07) is 19.5. The Morgan fingerprint density at radius 3 is 2.10 bits per heavy atom. The van der Waals surface area contributed by atoms with Crippen LogP contribution in [0.3, 0.4) is 0 Å². The summed E-state index contributed by atoms with van der Waals surface area (Å²) in [4.78, 5) is 28.6. The van der Waals surface area contributed by atoms with Crippen LogP contribution in [0.25, 0.3) is 0 Å².